The molecule has 0 aliphatic heterocycles. The van der Waals surface area contributed by atoms with Gasteiger partial charge in [-0.15, -0.1) is 0 Å². The Hall–Kier alpha value is -0.800. The Labute approximate surface area is 28.8 Å². The fraction of sp³-hybridized carbons (Fsp3) is 0. The molecule has 0 unspecified atom stereocenters. The highest BCUT2D eigenvalue weighted by Gasteiger charge is 1.52. The van der Waals surface area contributed by atoms with E-state index in [0.29, 0.717) is 0 Å². The first-order valence-corrected chi connectivity index (χ1v) is 0.827. The molecule has 5 N–H and O–H groups in total. The second kappa shape index (κ2) is 3.20. The molecule has 0 bridgehead atoms. The highest BCUT2D eigenvalue weighted by Crippen LogP contribution is 1.13. The number of hydrogen-bond donors (Lipinski definition) is 3. The number of hydrogen-bond acceptors (Lipinski definition) is 1. The van der Waals surface area contributed by atoms with E-state index >= 15 is 0 Å². The zero-order chi connectivity index (χ0) is 3.58. The second-order valence-corrected chi connectivity index (χ2v) is 0.455. The third-order valence-corrected chi connectivity index (χ3v) is 0. The highest BCUT2D eigenvalue weighted by molar-refractivity contribution is 5.71. The maximum Gasteiger partial charge on any atom is 0.183 e. The maximum absolute atomic E-state index is 6.06. The van der Waals surface area contributed by atoms with Crippen molar-refractivity contribution in [3.05, 3.63) is 0 Å². The third kappa shape index (κ3) is 7.20. The van der Waals surface area contributed by atoms with Gasteiger partial charge in [0.05, 0.1) is 0 Å². The molecule has 0 fully saturated rings. The minimum Gasteiger partial charge on any atom is -1.00 e. The van der Waals surface area contributed by atoms with Crippen LogP contribution in [0.3, 0.4) is 0 Å². The predicted octanol–water partition coefficient (Wildman–Crippen LogP) is -4.16. The standard InChI is InChI=1S/CH5N3.FH/c2-1(3)4;/h(H5,2,3,4);1H/p-1. The van der Waals surface area contributed by atoms with Crippen LogP contribution >= 0.6 is 0 Å². The van der Waals surface area contributed by atoms with E-state index in [-0.39, 0.29) is 10.7 Å². The van der Waals surface area contributed by atoms with Crippen LogP contribution in [0, 0.1) is 5.41 Å². The largest absolute Gasteiger partial charge is 1.00 e. The average Bonchev–Trinajstić information content (AvgIpc) is 0.811. The van der Waals surface area contributed by atoms with Crippen molar-refractivity contribution in [2.75, 3.05) is 0 Å². The Kier molecular flexibility index (Phi) is 5.69. The summed E-state index contributed by atoms with van der Waals surface area (Å²) in [5.74, 6) is -0.333. The van der Waals surface area contributed by atoms with Gasteiger partial charge in [0.15, 0.2) is 5.96 Å². The summed E-state index contributed by atoms with van der Waals surface area (Å²) in [4.78, 5) is 0. The van der Waals surface area contributed by atoms with Gasteiger partial charge in [0, 0.05) is 0 Å². The summed E-state index contributed by atoms with van der Waals surface area (Å²) in [7, 11) is 0. The van der Waals surface area contributed by atoms with Crippen molar-refractivity contribution in [2.24, 2.45) is 11.5 Å². The van der Waals surface area contributed by atoms with Crippen LogP contribution in [0.4, 0.5) is 0 Å². The molecule has 4 heteroatoms. The Morgan fingerprint density at radius 1 is 1.40 bits per heavy atom. The van der Waals surface area contributed by atoms with E-state index in [1.807, 2.05) is 0 Å². The van der Waals surface area contributed by atoms with Gasteiger partial charge in [0.25, 0.3) is 0 Å². The molecule has 0 aromatic carbocycles. The van der Waals surface area contributed by atoms with Gasteiger partial charge < -0.3 is 16.2 Å². The predicted molar refractivity (Wildman–Crippen MR) is 16.1 cm³/mol. The first kappa shape index (κ1) is 8.89. The number of rotatable bonds is 0. The number of halogens is 1. The Bertz CT molecular complexity index is 29.9. The summed E-state index contributed by atoms with van der Waals surface area (Å²) in [6.07, 6.45) is 0. The molecule has 0 atom stereocenters. The molecule has 0 aliphatic carbocycles. The van der Waals surface area contributed by atoms with Gasteiger partial charge in [-0.1, -0.05) is 0 Å². The smallest absolute Gasteiger partial charge is 0.183 e. The maximum atomic E-state index is 6.06. The summed E-state index contributed by atoms with van der Waals surface area (Å²) in [5, 5.41) is 6.06. The van der Waals surface area contributed by atoms with E-state index in [2.05, 4.69) is 11.5 Å². The van der Waals surface area contributed by atoms with Crippen molar-refractivity contribution in [3.63, 3.8) is 0 Å². The topological polar surface area (TPSA) is 75.9 Å². The van der Waals surface area contributed by atoms with Crippen molar-refractivity contribution in [1.29, 1.82) is 5.41 Å². The summed E-state index contributed by atoms with van der Waals surface area (Å²) in [5.41, 5.74) is 8.94. The lowest BCUT2D eigenvalue weighted by atomic mass is 11.1. The minimum atomic E-state index is -0.333. The summed E-state index contributed by atoms with van der Waals surface area (Å²) < 4.78 is 0. The highest BCUT2D eigenvalue weighted by atomic mass is 19.0. The van der Waals surface area contributed by atoms with E-state index in [9.17, 15) is 0 Å². The minimum absolute atomic E-state index is 0. The van der Waals surface area contributed by atoms with Gasteiger partial charge in [-0.25, -0.2) is 0 Å². The SMILES string of the molecule is N=C(N)N.[F-]. The van der Waals surface area contributed by atoms with Crippen LogP contribution < -0.4 is 16.2 Å². The van der Waals surface area contributed by atoms with Crippen molar-refractivity contribution in [1.82, 2.24) is 0 Å². The van der Waals surface area contributed by atoms with Crippen molar-refractivity contribution >= 4 is 5.96 Å². The fourth-order valence-electron chi connectivity index (χ4n) is 0. The van der Waals surface area contributed by atoms with Crippen LogP contribution in [-0.2, 0) is 0 Å². The molecule has 0 amide bonds. The lowest BCUT2D eigenvalue weighted by Gasteiger charge is -1.69. The molecule has 0 radical (unpaired) electrons. The lowest BCUT2D eigenvalue weighted by molar-refractivity contribution is -0.00000147. The summed E-state index contributed by atoms with van der Waals surface area (Å²) in [6, 6.07) is 0. The zero-order valence-electron chi connectivity index (χ0n) is 2.53. The van der Waals surface area contributed by atoms with Gasteiger partial charge in [0.1, 0.15) is 0 Å². The molecule has 0 rings (SSSR count). The molecule has 0 aliphatic rings. The number of nitrogens with one attached hydrogen (secondary N) is 1. The quantitative estimate of drug-likeness (QED) is 0.203. The van der Waals surface area contributed by atoms with Crippen LogP contribution in [0.1, 0.15) is 0 Å². The molecule has 0 aromatic heterocycles. The van der Waals surface area contributed by atoms with Crippen LogP contribution in [0.25, 0.3) is 0 Å². The molecule has 0 heterocycles. The van der Waals surface area contributed by atoms with Gasteiger partial charge in [-0.2, -0.15) is 0 Å². The van der Waals surface area contributed by atoms with Gasteiger partial charge in [-0.05, 0) is 0 Å². The molecule has 3 nitrogen and oxygen atoms in total. The molecule has 0 saturated heterocycles. The zero-order valence-corrected chi connectivity index (χ0v) is 2.53. The van der Waals surface area contributed by atoms with Crippen LogP contribution in [-0.4, -0.2) is 5.96 Å². The van der Waals surface area contributed by atoms with E-state index in [1.54, 1.807) is 0 Å². The molecule has 5 heavy (non-hydrogen) atoms. The van der Waals surface area contributed by atoms with E-state index < -0.39 is 0 Å². The van der Waals surface area contributed by atoms with Crippen molar-refractivity contribution < 1.29 is 4.70 Å². The molecule has 0 aromatic rings. The Balaban J connectivity index is 0. The van der Waals surface area contributed by atoms with Gasteiger partial charge in [-0.3, -0.25) is 5.41 Å². The van der Waals surface area contributed by atoms with E-state index in [1.165, 1.54) is 0 Å². The van der Waals surface area contributed by atoms with Crippen LogP contribution in [0.2, 0.25) is 0 Å². The van der Waals surface area contributed by atoms with Crippen molar-refractivity contribution in [2.45, 2.75) is 0 Å². The molecule has 0 saturated carbocycles. The van der Waals surface area contributed by atoms with Crippen LogP contribution in [0.5, 0.6) is 0 Å². The summed E-state index contributed by atoms with van der Waals surface area (Å²) >= 11 is 0. The Morgan fingerprint density at radius 3 is 1.40 bits per heavy atom. The Morgan fingerprint density at radius 2 is 1.40 bits per heavy atom. The number of nitrogens with two attached hydrogens (primary N) is 2. The first-order chi connectivity index (χ1) is 1.73. The third-order valence-electron chi connectivity index (χ3n) is 0. The molecular formula is CH5FN3-. The van der Waals surface area contributed by atoms with Crippen molar-refractivity contribution in [3.8, 4) is 0 Å². The average molecular weight is 78.1 g/mol. The molecule has 0 spiro atoms. The van der Waals surface area contributed by atoms with E-state index in [0.717, 1.165) is 0 Å². The van der Waals surface area contributed by atoms with Gasteiger partial charge in [0.2, 0.25) is 0 Å². The molecular weight excluding hydrogens is 73.0 g/mol. The normalized spacial score (nSPS) is 4.80. The summed E-state index contributed by atoms with van der Waals surface area (Å²) in [6.45, 7) is 0. The fourth-order valence-corrected chi connectivity index (χ4v) is 0. The first-order valence-electron chi connectivity index (χ1n) is 0.827. The van der Waals surface area contributed by atoms with Gasteiger partial charge >= 0.3 is 0 Å². The second-order valence-electron chi connectivity index (χ2n) is 0.455. The monoisotopic (exact) mass is 78.0 g/mol. The lowest BCUT2D eigenvalue weighted by Crippen LogP contribution is -3.00. The van der Waals surface area contributed by atoms with Crippen LogP contribution in [0.15, 0.2) is 0 Å². The molecule has 32 valence electrons. The number of guanidine groups is 1. The van der Waals surface area contributed by atoms with E-state index in [4.69, 9.17) is 5.41 Å².